The topological polar surface area (TPSA) is 87.1 Å². The zero-order chi connectivity index (χ0) is 21.1. The molecule has 0 radical (unpaired) electrons. The molecule has 0 saturated carbocycles. The number of hydrogen-bond donors (Lipinski definition) is 2. The number of hydrogen-bond acceptors (Lipinski definition) is 3. The molecule has 164 valence electrons. The number of amides is 1. The molecule has 1 amide bonds. The second kappa shape index (κ2) is 12.5. The molecule has 1 heterocycles. The summed E-state index contributed by atoms with van der Waals surface area (Å²) in [4.78, 5) is 31.2. The number of likely N-dealkylation sites (tertiary alicyclic amines) is 1. The van der Waals surface area contributed by atoms with Gasteiger partial charge in [0.05, 0.1) is 0 Å². The molecule has 0 atom stereocenters. The van der Waals surface area contributed by atoms with Gasteiger partial charge in [0.2, 0.25) is 5.91 Å². The first-order valence-electron chi connectivity index (χ1n) is 11.0. The number of aryl methyl sites for hydroxylation is 2. The van der Waals surface area contributed by atoms with E-state index < -0.39 is 13.9 Å². The maximum atomic E-state index is 12.1. The molecule has 1 saturated heterocycles. The molecule has 2 N–H and O–H groups in total. The van der Waals surface area contributed by atoms with E-state index in [1.54, 1.807) is 4.90 Å². The zero-order valence-corrected chi connectivity index (χ0v) is 18.5. The first-order chi connectivity index (χ1) is 13.9. The van der Waals surface area contributed by atoms with E-state index in [-0.39, 0.29) is 19.0 Å². The average Bonchev–Trinajstić information content (AvgIpc) is 2.63. The van der Waals surface area contributed by atoms with Gasteiger partial charge in [0.1, 0.15) is 6.10 Å². The lowest BCUT2D eigenvalue weighted by molar-refractivity contribution is -0.140. The van der Waals surface area contributed by atoms with Crippen LogP contribution >= 0.6 is 7.82 Å². The number of carbonyl (C=O) groups excluding carboxylic acids is 1. The van der Waals surface area contributed by atoms with E-state index in [0.29, 0.717) is 6.42 Å². The third-order valence-corrected chi connectivity index (χ3v) is 5.98. The molecule has 7 heteroatoms. The van der Waals surface area contributed by atoms with Crippen molar-refractivity contribution in [2.24, 2.45) is 0 Å². The number of carbonyl (C=O) groups is 1. The molecule has 6 nitrogen and oxygen atoms in total. The van der Waals surface area contributed by atoms with E-state index in [2.05, 4.69) is 35.7 Å². The molecule has 1 aromatic rings. The molecule has 0 aromatic heterocycles. The van der Waals surface area contributed by atoms with E-state index in [9.17, 15) is 9.36 Å². The molecular formula is C22H36NO5P. The summed E-state index contributed by atoms with van der Waals surface area (Å²) in [5.41, 5.74) is 2.81. The summed E-state index contributed by atoms with van der Waals surface area (Å²) >= 11 is 0. The molecule has 1 aliphatic rings. The smallest absolute Gasteiger partial charge is 0.337 e. The van der Waals surface area contributed by atoms with Crippen LogP contribution in [-0.4, -0.2) is 39.8 Å². The van der Waals surface area contributed by atoms with Crippen LogP contribution in [0.4, 0.5) is 0 Å². The van der Waals surface area contributed by atoms with E-state index in [1.807, 2.05) is 0 Å². The van der Waals surface area contributed by atoms with E-state index in [1.165, 1.54) is 43.2 Å². The Labute approximate surface area is 174 Å². The summed E-state index contributed by atoms with van der Waals surface area (Å²) < 4.78 is 15.3. The SMILES string of the molecule is CCCCCCCc1cccc(CCCCCC(=O)N2CC(OP(=O)(O)O)C2)c1. The Bertz CT molecular complexity index is 669. The highest BCUT2D eigenvalue weighted by Gasteiger charge is 2.35. The molecule has 29 heavy (non-hydrogen) atoms. The lowest BCUT2D eigenvalue weighted by Crippen LogP contribution is -2.54. The Morgan fingerprint density at radius 1 is 1.03 bits per heavy atom. The molecule has 0 aliphatic carbocycles. The summed E-state index contributed by atoms with van der Waals surface area (Å²) in [5, 5.41) is 0. The number of phosphoric ester groups is 1. The summed E-state index contributed by atoms with van der Waals surface area (Å²) in [7, 11) is -4.46. The molecule has 1 aliphatic heterocycles. The van der Waals surface area contributed by atoms with Gasteiger partial charge in [0, 0.05) is 19.5 Å². The highest BCUT2D eigenvalue weighted by molar-refractivity contribution is 7.46. The van der Waals surface area contributed by atoms with Crippen molar-refractivity contribution >= 4 is 13.7 Å². The largest absolute Gasteiger partial charge is 0.469 e. The lowest BCUT2D eigenvalue weighted by Gasteiger charge is -2.38. The fourth-order valence-electron chi connectivity index (χ4n) is 3.72. The molecule has 0 spiro atoms. The Kier molecular flexibility index (Phi) is 10.4. The Morgan fingerprint density at radius 3 is 2.21 bits per heavy atom. The van der Waals surface area contributed by atoms with Crippen LogP contribution in [0, 0.1) is 0 Å². The van der Waals surface area contributed by atoms with Crippen LogP contribution in [0.25, 0.3) is 0 Å². The molecular weight excluding hydrogens is 389 g/mol. The van der Waals surface area contributed by atoms with Crippen LogP contribution in [-0.2, 0) is 26.7 Å². The van der Waals surface area contributed by atoms with Crippen molar-refractivity contribution < 1.29 is 23.7 Å². The molecule has 2 rings (SSSR count). The highest BCUT2D eigenvalue weighted by atomic mass is 31.2. The Hall–Kier alpha value is -1.20. The number of phosphoric acid groups is 1. The van der Waals surface area contributed by atoms with Crippen molar-refractivity contribution in [1.82, 2.24) is 4.90 Å². The monoisotopic (exact) mass is 425 g/mol. The summed E-state index contributed by atoms with van der Waals surface area (Å²) in [6.45, 7) is 2.79. The van der Waals surface area contributed by atoms with Crippen LogP contribution in [0.15, 0.2) is 24.3 Å². The summed E-state index contributed by atoms with van der Waals surface area (Å²) in [6, 6.07) is 8.89. The van der Waals surface area contributed by atoms with E-state index >= 15 is 0 Å². The predicted octanol–water partition coefficient (Wildman–Crippen LogP) is 4.62. The van der Waals surface area contributed by atoms with Crippen LogP contribution in [0.5, 0.6) is 0 Å². The number of benzene rings is 1. The van der Waals surface area contributed by atoms with Gasteiger partial charge in [-0.3, -0.25) is 9.32 Å². The molecule has 1 aromatic carbocycles. The Balaban J connectivity index is 1.55. The molecule has 0 unspecified atom stereocenters. The summed E-state index contributed by atoms with van der Waals surface area (Å²) in [6.07, 6.45) is 11.6. The van der Waals surface area contributed by atoms with Gasteiger partial charge in [-0.2, -0.15) is 0 Å². The van der Waals surface area contributed by atoms with Crippen molar-refractivity contribution in [3.63, 3.8) is 0 Å². The fraction of sp³-hybridized carbons (Fsp3) is 0.682. The number of unbranched alkanes of at least 4 members (excludes halogenated alkanes) is 6. The third-order valence-electron chi connectivity index (χ3n) is 5.40. The normalized spacial score (nSPS) is 14.8. The van der Waals surface area contributed by atoms with Gasteiger partial charge < -0.3 is 14.7 Å². The molecule has 1 fully saturated rings. The quantitative estimate of drug-likeness (QED) is 0.335. The van der Waals surface area contributed by atoms with Gasteiger partial charge in [0.25, 0.3) is 0 Å². The second-order valence-corrected chi connectivity index (χ2v) is 9.25. The Morgan fingerprint density at radius 2 is 1.62 bits per heavy atom. The van der Waals surface area contributed by atoms with Gasteiger partial charge in [-0.05, 0) is 43.2 Å². The van der Waals surface area contributed by atoms with Gasteiger partial charge in [0.15, 0.2) is 0 Å². The van der Waals surface area contributed by atoms with Gasteiger partial charge in [-0.15, -0.1) is 0 Å². The maximum absolute atomic E-state index is 12.1. The molecule has 0 bridgehead atoms. The van der Waals surface area contributed by atoms with Crippen LogP contribution < -0.4 is 0 Å². The van der Waals surface area contributed by atoms with Crippen LogP contribution in [0.3, 0.4) is 0 Å². The predicted molar refractivity (Wildman–Crippen MR) is 115 cm³/mol. The van der Waals surface area contributed by atoms with Gasteiger partial charge >= 0.3 is 7.82 Å². The minimum Gasteiger partial charge on any atom is -0.337 e. The van der Waals surface area contributed by atoms with Crippen LogP contribution in [0.2, 0.25) is 0 Å². The standard InChI is InChI=1S/C22H36NO5P/c1-2-3-4-5-7-11-19-13-10-14-20(16-19)12-8-6-9-15-22(24)23-17-21(18-23)28-29(25,26)27/h10,13-14,16,21H,2-9,11-12,15,17-18H2,1H3,(H2,25,26,27). The van der Waals surface area contributed by atoms with Crippen molar-refractivity contribution in [2.45, 2.75) is 83.7 Å². The number of rotatable bonds is 14. The summed E-state index contributed by atoms with van der Waals surface area (Å²) in [5.74, 6) is 0.0423. The van der Waals surface area contributed by atoms with Crippen molar-refractivity contribution in [3.8, 4) is 0 Å². The minimum absolute atomic E-state index is 0.0423. The number of nitrogens with zero attached hydrogens (tertiary/aromatic N) is 1. The van der Waals surface area contributed by atoms with Crippen molar-refractivity contribution in [2.75, 3.05) is 13.1 Å². The average molecular weight is 426 g/mol. The lowest BCUT2D eigenvalue weighted by atomic mass is 10.0. The second-order valence-electron chi connectivity index (χ2n) is 8.06. The highest BCUT2D eigenvalue weighted by Crippen LogP contribution is 2.39. The first kappa shape index (κ1) is 24.1. The third kappa shape index (κ3) is 9.90. The van der Waals surface area contributed by atoms with E-state index in [4.69, 9.17) is 9.79 Å². The van der Waals surface area contributed by atoms with Gasteiger partial charge in [-0.25, -0.2) is 4.57 Å². The van der Waals surface area contributed by atoms with Crippen molar-refractivity contribution in [1.29, 1.82) is 0 Å². The zero-order valence-electron chi connectivity index (χ0n) is 17.6. The van der Waals surface area contributed by atoms with E-state index in [0.717, 1.165) is 32.1 Å². The fourth-order valence-corrected chi connectivity index (χ4v) is 4.24. The van der Waals surface area contributed by atoms with Crippen LogP contribution in [0.1, 0.15) is 75.8 Å². The van der Waals surface area contributed by atoms with Gasteiger partial charge in [-0.1, -0.05) is 63.3 Å². The van der Waals surface area contributed by atoms with Crippen molar-refractivity contribution in [3.05, 3.63) is 35.4 Å². The minimum atomic E-state index is -4.46. The first-order valence-corrected chi connectivity index (χ1v) is 12.5. The maximum Gasteiger partial charge on any atom is 0.469 e.